The second-order valence-corrected chi connectivity index (χ2v) is 9.57. The molecule has 214 valence electrons. The fourth-order valence-corrected chi connectivity index (χ4v) is 4.69. The van der Waals surface area contributed by atoms with Crippen molar-refractivity contribution < 1.29 is 54.4 Å². The Morgan fingerprint density at radius 3 is 2.20 bits per heavy atom. The molecule has 1 fully saturated rings. The quantitative estimate of drug-likeness (QED) is 0.159. The number of hydrogen-bond donors (Lipinski definition) is 7. The number of carboxylic acid groups (broad SMARTS) is 1. The van der Waals surface area contributed by atoms with Gasteiger partial charge < -0.3 is 49.6 Å². The average molecular weight is 567 g/mol. The smallest absolute Gasteiger partial charge is 0.335 e. The highest BCUT2D eigenvalue weighted by atomic mass is 16.7. The number of phenolic OH excluding ortho intramolecular Hbond substituents is 3. The first-order valence-electron chi connectivity index (χ1n) is 12.5. The molecule has 0 saturated carbocycles. The number of carbonyl (C=O) groups is 1. The molecule has 7 N–H and O–H groups in total. The molecular weight excluding hydrogens is 540 g/mol. The van der Waals surface area contributed by atoms with Gasteiger partial charge in [0.25, 0.3) is 0 Å². The van der Waals surface area contributed by atoms with E-state index in [1.165, 1.54) is 24.3 Å². The van der Waals surface area contributed by atoms with Gasteiger partial charge in [-0.25, -0.2) is 4.79 Å². The van der Waals surface area contributed by atoms with E-state index in [-0.39, 0.29) is 34.5 Å². The van der Waals surface area contributed by atoms with Gasteiger partial charge in [0.05, 0.1) is 0 Å². The number of hydrogen-bond acceptors (Lipinski definition) is 11. The lowest BCUT2D eigenvalue weighted by molar-refractivity contribution is -0.271. The number of fused-ring (bicyclic) bond motifs is 1. The first kappa shape index (κ1) is 27.9. The maximum absolute atomic E-state index is 13.7. The summed E-state index contributed by atoms with van der Waals surface area (Å²) in [5.74, 6) is -3.92. The van der Waals surface area contributed by atoms with Crippen molar-refractivity contribution in [2.45, 2.75) is 43.5 Å². The molecule has 12 nitrogen and oxygen atoms in total. The van der Waals surface area contributed by atoms with Gasteiger partial charge in [0.15, 0.2) is 23.0 Å². The summed E-state index contributed by atoms with van der Waals surface area (Å²) in [7, 11) is 0. The molecule has 4 aromatic rings. The van der Waals surface area contributed by atoms with Crippen molar-refractivity contribution in [3.05, 3.63) is 82.0 Å². The summed E-state index contributed by atoms with van der Waals surface area (Å²) in [6, 6.07) is 16.3. The largest absolute Gasteiger partial charge is 0.508 e. The number of carboxylic acids is 1. The van der Waals surface area contributed by atoms with Crippen LogP contribution in [0.25, 0.3) is 22.3 Å². The van der Waals surface area contributed by atoms with E-state index in [9.17, 15) is 45.3 Å². The Bertz CT molecular complexity index is 1630. The predicted molar refractivity (Wildman–Crippen MR) is 142 cm³/mol. The van der Waals surface area contributed by atoms with Crippen LogP contribution in [0.2, 0.25) is 0 Å². The van der Waals surface area contributed by atoms with E-state index in [0.29, 0.717) is 12.0 Å². The van der Waals surface area contributed by atoms with Crippen LogP contribution >= 0.6 is 0 Å². The summed E-state index contributed by atoms with van der Waals surface area (Å²) >= 11 is 0. The zero-order chi connectivity index (χ0) is 29.4. The van der Waals surface area contributed by atoms with Gasteiger partial charge in [-0.15, -0.1) is 0 Å². The minimum atomic E-state index is -1.97. The Kier molecular flexibility index (Phi) is 7.56. The van der Waals surface area contributed by atoms with Gasteiger partial charge in [0.1, 0.15) is 40.8 Å². The number of ether oxygens (including phenoxy) is 2. The molecule has 12 heteroatoms. The summed E-state index contributed by atoms with van der Waals surface area (Å²) in [4.78, 5) is 25.2. The van der Waals surface area contributed by atoms with Gasteiger partial charge in [0, 0.05) is 17.2 Å². The number of aliphatic carboxylic acids is 1. The highest BCUT2D eigenvalue weighted by Gasteiger charge is 2.48. The molecule has 1 aromatic heterocycles. The van der Waals surface area contributed by atoms with E-state index in [2.05, 4.69) is 0 Å². The fourth-order valence-electron chi connectivity index (χ4n) is 4.69. The third-order valence-corrected chi connectivity index (χ3v) is 6.88. The number of rotatable bonds is 7. The van der Waals surface area contributed by atoms with Gasteiger partial charge in [-0.05, 0) is 42.7 Å². The van der Waals surface area contributed by atoms with E-state index in [1.54, 1.807) is 0 Å². The highest BCUT2D eigenvalue weighted by Crippen LogP contribution is 2.43. The van der Waals surface area contributed by atoms with Crippen LogP contribution in [0.3, 0.4) is 0 Å². The SMILES string of the molecule is O=C(O)C1OC(Oc2cc3oc(-c4ccc(O)cc4)c(CCc4ccccc4)c(=O)c3c(O)c2O)C(O)C(O)C1O. The third kappa shape index (κ3) is 5.28. The Balaban J connectivity index is 1.60. The normalized spacial score (nSPS) is 22.5. The van der Waals surface area contributed by atoms with Crippen LogP contribution in [-0.2, 0) is 22.4 Å². The van der Waals surface area contributed by atoms with Crippen molar-refractivity contribution in [3.8, 4) is 34.3 Å². The number of benzene rings is 3. The Morgan fingerprint density at radius 2 is 1.54 bits per heavy atom. The fraction of sp³-hybridized carbons (Fsp3) is 0.241. The van der Waals surface area contributed by atoms with Crippen LogP contribution in [0.1, 0.15) is 11.1 Å². The first-order valence-corrected chi connectivity index (χ1v) is 12.5. The van der Waals surface area contributed by atoms with Crippen LogP contribution < -0.4 is 10.2 Å². The lowest BCUT2D eigenvalue weighted by Crippen LogP contribution is -2.61. The molecule has 41 heavy (non-hydrogen) atoms. The zero-order valence-electron chi connectivity index (χ0n) is 21.2. The third-order valence-electron chi connectivity index (χ3n) is 6.88. The lowest BCUT2D eigenvalue weighted by Gasteiger charge is -2.38. The Hall–Kier alpha value is -4.62. The van der Waals surface area contributed by atoms with Crippen molar-refractivity contribution in [1.29, 1.82) is 0 Å². The maximum Gasteiger partial charge on any atom is 0.335 e. The number of aliphatic hydroxyl groups is 3. The van der Waals surface area contributed by atoms with Gasteiger partial charge in [-0.1, -0.05) is 30.3 Å². The summed E-state index contributed by atoms with van der Waals surface area (Å²) in [5.41, 5.74) is 0.711. The molecule has 5 rings (SSSR count). The van der Waals surface area contributed by atoms with E-state index >= 15 is 0 Å². The van der Waals surface area contributed by atoms with Crippen LogP contribution in [0.15, 0.2) is 69.9 Å². The molecule has 0 bridgehead atoms. The van der Waals surface area contributed by atoms with Crippen molar-refractivity contribution in [1.82, 2.24) is 0 Å². The van der Waals surface area contributed by atoms with Gasteiger partial charge in [-0.3, -0.25) is 4.79 Å². The zero-order valence-corrected chi connectivity index (χ0v) is 21.2. The number of aromatic hydroxyl groups is 3. The lowest BCUT2D eigenvalue weighted by atomic mass is 9.98. The summed E-state index contributed by atoms with van der Waals surface area (Å²) < 4.78 is 16.6. The molecular formula is C29H26O12. The van der Waals surface area contributed by atoms with E-state index in [1.807, 2.05) is 30.3 Å². The van der Waals surface area contributed by atoms with Gasteiger partial charge in [-0.2, -0.15) is 0 Å². The first-order chi connectivity index (χ1) is 19.6. The average Bonchev–Trinajstić information content (AvgIpc) is 2.96. The van der Waals surface area contributed by atoms with E-state index in [4.69, 9.17) is 13.9 Å². The van der Waals surface area contributed by atoms with Crippen LogP contribution in [0.5, 0.6) is 23.0 Å². The Morgan fingerprint density at radius 1 is 0.854 bits per heavy atom. The standard InChI is InChI=1S/C29H26O12/c30-15-9-7-14(8-10-15)26-16(11-6-13-4-2-1-3-5-13)20(31)19-17(39-26)12-18(21(32)22(19)33)40-29-25(36)23(34)24(35)27(41-29)28(37)38/h1-5,7-10,12,23-25,27,29-30,32-36H,6,11H2,(H,37,38). The molecule has 0 radical (unpaired) electrons. The molecule has 5 atom stereocenters. The maximum atomic E-state index is 13.7. The summed E-state index contributed by atoms with van der Waals surface area (Å²) in [5, 5.41) is 70.5. The minimum absolute atomic E-state index is 0.0148. The highest BCUT2D eigenvalue weighted by molar-refractivity contribution is 5.90. The second-order valence-electron chi connectivity index (χ2n) is 9.57. The molecule has 0 amide bonds. The van der Waals surface area contributed by atoms with Crippen molar-refractivity contribution >= 4 is 16.9 Å². The van der Waals surface area contributed by atoms with Crippen LogP contribution in [0.4, 0.5) is 0 Å². The number of aliphatic hydroxyl groups excluding tert-OH is 3. The summed E-state index contributed by atoms with van der Waals surface area (Å²) in [6.07, 6.45) is -9.11. The van der Waals surface area contributed by atoms with Crippen molar-refractivity contribution in [3.63, 3.8) is 0 Å². The van der Waals surface area contributed by atoms with Crippen LogP contribution in [0, 0.1) is 0 Å². The van der Waals surface area contributed by atoms with Crippen molar-refractivity contribution in [2.75, 3.05) is 0 Å². The van der Waals surface area contributed by atoms with E-state index in [0.717, 1.165) is 11.6 Å². The molecule has 2 heterocycles. The Labute approximate surface area is 231 Å². The number of phenols is 3. The predicted octanol–water partition coefficient (Wildman–Crippen LogP) is 1.63. The van der Waals surface area contributed by atoms with Crippen LogP contribution in [-0.4, -0.2) is 72.4 Å². The number of aryl methyl sites for hydroxylation is 1. The van der Waals surface area contributed by atoms with Gasteiger partial charge in [0.2, 0.25) is 12.0 Å². The monoisotopic (exact) mass is 566 g/mol. The minimum Gasteiger partial charge on any atom is -0.508 e. The molecule has 1 aliphatic heterocycles. The molecule has 0 spiro atoms. The molecule has 1 aliphatic rings. The van der Waals surface area contributed by atoms with E-state index < -0.39 is 59.4 Å². The topological polar surface area (TPSA) is 207 Å². The molecule has 1 saturated heterocycles. The van der Waals surface area contributed by atoms with Crippen molar-refractivity contribution in [2.24, 2.45) is 0 Å². The molecule has 0 aliphatic carbocycles. The second kappa shape index (κ2) is 11.1. The summed E-state index contributed by atoms with van der Waals surface area (Å²) in [6.45, 7) is 0. The molecule has 3 aromatic carbocycles. The molecule has 5 unspecified atom stereocenters. The van der Waals surface area contributed by atoms with Gasteiger partial charge >= 0.3 is 5.97 Å².